The molecule has 0 radical (unpaired) electrons. The van der Waals surface area contributed by atoms with E-state index in [0.29, 0.717) is 16.8 Å². The average Bonchev–Trinajstić information content (AvgIpc) is 2.77. The lowest BCUT2D eigenvalue weighted by atomic mass is 10.3. The fourth-order valence-corrected chi connectivity index (χ4v) is 2.18. The number of nitrogens with zero attached hydrogens (tertiary/aromatic N) is 1. The molecule has 1 amide bonds. The first-order chi connectivity index (χ1) is 8.27. The number of nitrogens with one attached hydrogen (secondary N) is 2. The summed E-state index contributed by atoms with van der Waals surface area (Å²) in [5.41, 5.74) is 0. The van der Waals surface area contributed by atoms with Crippen molar-refractivity contribution in [1.82, 2.24) is 15.5 Å². The molecule has 0 aliphatic carbocycles. The van der Waals surface area contributed by atoms with E-state index < -0.39 is 0 Å². The van der Waals surface area contributed by atoms with Crippen molar-refractivity contribution < 1.29 is 9.21 Å². The molecule has 102 valence electrons. The molecule has 7 heteroatoms. The van der Waals surface area contributed by atoms with Gasteiger partial charge in [0.1, 0.15) is 0 Å². The number of carbonyl (C=O) groups excluding carboxylic acids is 1. The standard InChI is InChI=1S/C11H16BrN3O2.ClH/c12-9-1-8-17-10(9)11(16)14-4-7-15-5-2-13-3-6-15;/h1,8,13H,2-7H2,(H,14,16);1H. The predicted octanol–water partition coefficient (Wildman–Crippen LogP) is 1.10. The smallest absolute Gasteiger partial charge is 0.288 e. The van der Waals surface area contributed by atoms with E-state index >= 15 is 0 Å². The second kappa shape index (κ2) is 7.78. The zero-order chi connectivity index (χ0) is 12.1. The normalized spacial score (nSPS) is 16.1. The molecule has 0 aromatic carbocycles. The van der Waals surface area contributed by atoms with Crippen molar-refractivity contribution in [3.8, 4) is 0 Å². The number of carbonyl (C=O) groups is 1. The molecule has 2 rings (SSSR count). The summed E-state index contributed by atoms with van der Waals surface area (Å²) in [4.78, 5) is 14.0. The highest BCUT2D eigenvalue weighted by Gasteiger charge is 2.14. The predicted molar refractivity (Wildman–Crippen MR) is 75.3 cm³/mol. The lowest BCUT2D eigenvalue weighted by Gasteiger charge is -2.26. The molecule has 0 unspecified atom stereocenters. The Bertz CT molecular complexity index is 380. The molecule has 1 fully saturated rings. The highest BCUT2D eigenvalue weighted by Crippen LogP contribution is 2.16. The summed E-state index contributed by atoms with van der Waals surface area (Å²) >= 11 is 3.26. The zero-order valence-corrected chi connectivity index (χ0v) is 12.3. The van der Waals surface area contributed by atoms with Crippen molar-refractivity contribution in [1.29, 1.82) is 0 Å². The number of amides is 1. The fraction of sp³-hybridized carbons (Fsp3) is 0.545. The minimum atomic E-state index is -0.169. The first-order valence-corrected chi connectivity index (χ1v) is 6.51. The maximum atomic E-state index is 11.7. The van der Waals surface area contributed by atoms with Gasteiger partial charge in [0.2, 0.25) is 5.76 Å². The van der Waals surface area contributed by atoms with Crippen LogP contribution in [0, 0.1) is 0 Å². The lowest BCUT2D eigenvalue weighted by molar-refractivity contribution is 0.0918. The van der Waals surface area contributed by atoms with E-state index in [4.69, 9.17) is 4.42 Å². The van der Waals surface area contributed by atoms with Gasteiger partial charge in [-0.3, -0.25) is 9.69 Å². The third-order valence-electron chi connectivity index (χ3n) is 2.75. The van der Waals surface area contributed by atoms with E-state index in [1.165, 1.54) is 6.26 Å². The Morgan fingerprint density at radius 1 is 1.50 bits per heavy atom. The van der Waals surface area contributed by atoms with Gasteiger partial charge in [-0.05, 0) is 22.0 Å². The van der Waals surface area contributed by atoms with Gasteiger partial charge < -0.3 is 15.1 Å². The van der Waals surface area contributed by atoms with Crippen LogP contribution in [0.1, 0.15) is 10.6 Å². The van der Waals surface area contributed by atoms with Crippen molar-refractivity contribution in [3.05, 3.63) is 22.6 Å². The van der Waals surface area contributed by atoms with E-state index in [9.17, 15) is 4.79 Å². The van der Waals surface area contributed by atoms with Crippen molar-refractivity contribution in [2.75, 3.05) is 39.3 Å². The van der Waals surface area contributed by atoms with E-state index in [2.05, 4.69) is 31.5 Å². The largest absolute Gasteiger partial charge is 0.458 e. The van der Waals surface area contributed by atoms with Crippen molar-refractivity contribution >= 4 is 34.2 Å². The molecule has 1 saturated heterocycles. The number of halogens is 2. The minimum absolute atomic E-state index is 0. The van der Waals surface area contributed by atoms with Gasteiger partial charge >= 0.3 is 0 Å². The first kappa shape index (κ1) is 15.5. The highest BCUT2D eigenvalue weighted by molar-refractivity contribution is 9.10. The molecule has 2 N–H and O–H groups in total. The summed E-state index contributed by atoms with van der Waals surface area (Å²) in [7, 11) is 0. The SMILES string of the molecule is Cl.O=C(NCCN1CCNCC1)c1occc1Br. The molecule has 1 aliphatic rings. The maximum absolute atomic E-state index is 11.7. The van der Waals surface area contributed by atoms with Gasteiger partial charge in [-0.25, -0.2) is 0 Å². The monoisotopic (exact) mass is 337 g/mol. The van der Waals surface area contributed by atoms with E-state index in [0.717, 1.165) is 32.7 Å². The van der Waals surface area contributed by atoms with Gasteiger partial charge in [0.25, 0.3) is 5.91 Å². The van der Waals surface area contributed by atoms with Gasteiger partial charge in [-0.15, -0.1) is 12.4 Å². The second-order valence-electron chi connectivity index (χ2n) is 3.95. The van der Waals surface area contributed by atoms with Crippen LogP contribution in [0.4, 0.5) is 0 Å². The van der Waals surface area contributed by atoms with E-state index in [1.807, 2.05) is 0 Å². The average molecular weight is 339 g/mol. The molecule has 18 heavy (non-hydrogen) atoms. The Hall–Kier alpha value is -0.560. The minimum Gasteiger partial charge on any atom is -0.458 e. The van der Waals surface area contributed by atoms with Crippen molar-refractivity contribution in [3.63, 3.8) is 0 Å². The third kappa shape index (κ3) is 4.28. The molecule has 0 spiro atoms. The third-order valence-corrected chi connectivity index (χ3v) is 3.37. The first-order valence-electron chi connectivity index (χ1n) is 5.71. The summed E-state index contributed by atoms with van der Waals surface area (Å²) in [6.07, 6.45) is 1.50. The van der Waals surface area contributed by atoms with Crippen LogP contribution >= 0.6 is 28.3 Å². The molecule has 2 heterocycles. The van der Waals surface area contributed by atoms with Gasteiger partial charge in [0, 0.05) is 39.3 Å². The molecule has 5 nitrogen and oxygen atoms in total. The van der Waals surface area contributed by atoms with Gasteiger partial charge in [0.05, 0.1) is 10.7 Å². The number of furan rings is 1. The van der Waals surface area contributed by atoms with Crippen LogP contribution in [-0.2, 0) is 0 Å². The summed E-state index contributed by atoms with van der Waals surface area (Å²) in [6.45, 7) is 5.66. The summed E-state index contributed by atoms with van der Waals surface area (Å²) in [5, 5.41) is 6.14. The molecule has 1 aromatic rings. The zero-order valence-electron chi connectivity index (χ0n) is 9.95. The second-order valence-corrected chi connectivity index (χ2v) is 4.80. The van der Waals surface area contributed by atoms with E-state index in [-0.39, 0.29) is 18.3 Å². The molecule has 0 bridgehead atoms. The number of hydrogen-bond donors (Lipinski definition) is 2. The fourth-order valence-electron chi connectivity index (χ4n) is 1.80. The Morgan fingerprint density at radius 3 is 2.83 bits per heavy atom. The summed E-state index contributed by atoms with van der Waals surface area (Å²) in [6, 6.07) is 1.71. The Balaban J connectivity index is 0.00000162. The lowest BCUT2D eigenvalue weighted by Crippen LogP contribution is -2.46. The Labute approximate surface area is 121 Å². The number of piperazine rings is 1. The molecular formula is C11H17BrClN3O2. The Morgan fingerprint density at radius 2 is 2.22 bits per heavy atom. The topological polar surface area (TPSA) is 57.5 Å². The van der Waals surface area contributed by atoms with Crippen molar-refractivity contribution in [2.45, 2.75) is 0 Å². The van der Waals surface area contributed by atoms with Crippen LogP contribution in [0.2, 0.25) is 0 Å². The van der Waals surface area contributed by atoms with Crippen LogP contribution in [0.5, 0.6) is 0 Å². The molecular weight excluding hydrogens is 321 g/mol. The van der Waals surface area contributed by atoms with Crippen LogP contribution < -0.4 is 10.6 Å². The van der Waals surface area contributed by atoms with Crippen LogP contribution in [0.3, 0.4) is 0 Å². The molecule has 1 aliphatic heterocycles. The number of hydrogen-bond acceptors (Lipinski definition) is 4. The van der Waals surface area contributed by atoms with Crippen molar-refractivity contribution in [2.24, 2.45) is 0 Å². The van der Waals surface area contributed by atoms with Gasteiger partial charge in [0.15, 0.2) is 0 Å². The summed E-state index contributed by atoms with van der Waals surface area (Å²) in [5.74, 6) is 0.169. The van der Waals surface area contributed by atoms with Gasteiger partial charge in [-0.2, -0.15) is 0 Å². The highest BCUT2D eigenvalue weighted by atomic mass is 79.9. The summed E-state index contributed by atoms with van der Waals surface area (Å²) < 4.78 is 5.78. The molecule has 0 atom stereocenters. The van der Waals surface area contributed by atoms with Crippen LogP contribution in [0.25, 0.3) is 0 Å². The van der Waals surface area contributed by atoms with E-state index in [1.54, 1.807) is 6.07 Å². The van der Waals surface area contributed by atoms with Crippen LogP contribution in [-0.4, -0.2) is 50.1 Å². The molecule has 1 aromatic heterocycles. The number of rotatable bonds is 4. The van der Waals surface area contributed by atoms with Crippen LogP contribution in [0.15, 0.2) is 21.2 Å². The maximum Gasteiger partial charge on any atom is 0.288 e. The van der Waals surface area contributed by atoms with Gasteiger partial charge in [-0.1, -0.05) is 0 Å². The Kier molecular flexibility index (Phi) is 6.70. The quantitative estimate of drug-likeness (QED) is 0.863. The molecule has 0 saturated carbocycles.